The third-order valence-electron chi connectivity index (χ3n) is 9.22. The summed E-state index contributed by atoms with van der Waals surface area (Å²) in [6.45, 7) is 1.99. The van der Waals surface area contributed by atoms with Gasteiger partial charge in [0.15, 0.2) is 5.94 Å². The molecule has 6 N–H and O–H groups in total. The van der Waals surface area contributed by atoms with Gasteiger partial charge < -0.3 is 35.6 Å². The van der Waals surface area contributed by atoms with Crippen molar-refractivity contribution >= 4 is 39.1 Å². The fraction of sp³-hybridized carbons (Fsp3) is 0.500. The molecule has 0 unspecified atom stereocenters. The van der Waals surface area contributed by atoms with Gasteiger partial charge in [0.05, 0.1) is 6.10 Å². The van der Waals surface area contributed by atoms with Crippen molar-refractivity contribution in [2.24, 2.45) is 0 Å². The number of aliphatic hydroxyl groups excluding tert-OH is 1. The quantitative estimate of drug-likeness (QED) is 0.0546. The summed E-state index contributed by atoms with van der Waals surface area (Å²) in [7, 11) is -5.25. The molecule has 51 heavy (non-hydrogen) atoms. The van der Waals surface area contributed by atoms with E-state index in [9.17, 15) is 33.6 Å². The first-order valence-corrected chi connectivity index (χ1v) is 20.2. The number of benzene rings is 2. The summed E-state index contributed by atoms with van der Waals surface area (Å²) in [5.74, 6) is -5.35. The van der Waals surface area contributed by atoms with E-state index in [1.54, 1.807) is 12.3 Å². The molecule has 278 valence electrons. The number of aromatic nitrogens is 1. The zero-order valence-corrected chi connectivity index (χ0v) is 30.9. The van der Waals surface area contributed by atoms with Gasteiger partial charge in [0.1, 0.15) is 5.75 Å². The van der Waals surface area contributed by atoms with E-state index in [0.717, 1.165) is 65.0 Å². The molecule has 0 saturated heterocycles. The number of rotatable bonds is 20. The molecule has 12 nitrogen and oxygen atoms in total. The van der Waals surface area contributed by atoms with Crippen LogP contribution < -0.4 is 10.1 Å². The Morgan fingerprint density at radius 2 is 1.82 bits per heavy atom. The number of ether oxygens (including phenoxy) is 1. The molecule has 0 aliphatic heterocycles. The predicted octanol–water partition coefficient (Wildman–Crippen LogP) is 4.25. The summed E-state index contributed by atoms with van der Waals surface area (Å²) < 4.78 is 30.5. The van der Waals surface area contributed by atoms with Gasteiger partial charge in [-0.1, -0.05) is 49.6 Å². The lowest BCUT2D eigenvalue weighted by Crippen LogP contribution is -2.69. The lowest BCUT2D eigenvalue weighted by molar-refractivity contribution is -0.369. The van der Waals surface area contributed by atoms with Crippen LogP contribution in [0.4, 0.5) is 0 Å². The minimum atomic E-state index is -5.25. The van der Waals surface area contributed by atoms with Crippen molar-refractivity contribution in [3.8, 4) is 16.9 Å². The topological polar surface area (TPSA) is 190 Å². The van der Waals surface area contributed by atoms with E-state index in [1.165, 1.54) is 11.8 Å². The number of thioether (sulfide) groups is 1. The first kappa shape index (κ1) is 39.4. The number of unbranched alkanes of at least 4 members (excludes halogenated alkanes) is 2. The summed E-state index contributed by atoms with van der Waals surface area (Å²) >= 11 is 8.04. The van der Waals surface area contributed by atoms with Crippen molar-refractivity contribution in [3.05, 3.63) is 77.1 Å². The number of nitrogens with zero attached hydrogens (tertiary/aromatic N) is 2. The van der Waals surface area contributed by atoms with Crippen LogP contribution in [0.15, 0.2) is 65.8 Å². The summed E-state index contributed by atoms with van der Waals surface area (Å²) in [5.41, 5.74) is 3.79. The van der Waals surface area contributed by atoms with Crippen LogP contribution in [-0.2, 0) is 26.7 Å². The van der Waals surface area contributed by atoms with E-state index in [0.29, 0.717) is 35.1 Å². The number of carbonyl (C=O) groups is 1. The SMILES string of the molecule is CCCCCC(=O)N(CCCSc1ccc(Cl)c(CNC2(c3cnccc3-c3ccccc3OC3CC3)CC2)c1)C(O)(O)C(O)(O)S(=O)(=O)CO. The van der Waals surface area contributed by atoms with Crippen molar-refractivity contribution < 1.29 is 43.5 Å². The molecule has 1 amide bonds. The van der Waals surface area contributed by atoms with Crippen LogP contribution in [0.3, 0.4) is 0 Å². The van der Waals surface area contributed by atoms with Gasteiger partial charge in [-0.3, -0.25) is 14.7 Å². The number of aliphatic hydroxyl groups is 5. The van der Waals surface area contributed by atoms with Crippen LogP contribution in [0.25, 0.3) is 11.1 Å². The highest BCUT2D eigenvalue weighted by molar-refractivity contribution is 7.99. The van der Waals surface area contributed by atoms with Crippen LogP contribution in [0.2, 0.25) is 5.02 Å². The van der Waals surface area contributed by atoms with E-state index >= 15 is 0 Å². The van der Waals surface area contributed by atoms with Crippen LogP contribution >= 0.6 is 23.4 Å². The van der Waals surface area contributed by atoms with E-state index in [-0.39, 0.29) is 24.5 Å². The van der Waals surface area contributed by atoms with Gasteiger partial charge in [0.2, 0.25) is 15.7 Å². The molecule has 0 atom stereocenters. The van der Waals surface area contributed by atoms with E-state index < -0.39 is 39.3 Å². The Labute approximate surface area is 307 Å². The highest BCUT2D eigenvalue weighted by atomic mass is 35.5. The van der Waals surface area contributed by atoms with Crippen molar-refractivity contribution in [2.45, 2.75) is 98.8 Å². The molecule has 2 aromatic carbocycles. The van der Waals surface area contributed by atoms with Crippen molar-refractivity contribution in [1.82, 2.24) is 15.2 Å². The molecule has 1 aromatic heterocycles. The van der Waals surface area contributed by atoms with Gasteiger partial charge in [-0.2, -0.15) is 0 Å². The number of amides is 1. The van der Waals surface area contributed by atoms with Gasteiger partial charge in [0.25, 0.3) is 0 Å². The number of hydrogen-bond acceptors (Lipinski definition) is 12. The fourth-order valence-electron chi connectivity index (χ4n) is 5.88. The number of pyridine rings is 1. The Balaban J connectivity index is 1.24. The number of nitrogens with one attached hydrogen (secondary N) is 1. The Morgan fingerprint density at radius 3 is 2.51 bits per heavy atom. The molecule has 0 radical (unpaired) electrons. The number of halogens is 1. The summed E-state index contributed by atoms with van der Waals surface area (Å²) in [5, 5.41) is 51.0. The third kappa shape index (κ3) is 9.06. The Morgan fingerprint density at radius 1 is 1.08 bits per heavy atom. The van der Waals surface area contributed by atoms with Crippen LogP contribution in [0.5, 0.6) is 5.75 Å². The first-order chi connectivity index (χ1) is 24.3. The largest absolute Gasteiger partial charge is 0.490 e. The van der Waals surface area contributed by atoms with Crippen molar-refractivity contribution in [1.29, 1.82) is 0 Å². The molecular formula is C36H46ClN3O9S2. The van der Waals surface area contributed by atoms with Gasteiger partial charge in [-0.25, -0.2) is 8.42 Å². The summed E-state index contributed by atoms with van der Waals surface area (Å²) in [6, 6.07) is 15.7. The highest BCUT2D eigenvalue weighted by Gasteiger charge is 2.62. The molecule has 15 heteroatoms. The second-order valence-electron chi connectivity index (χ2n) is 13.1. The number of para-hydroxylation sites is 1. The maximum atomic E-state index is 13.0. The Bertz CT molecular complexity index is 1780. The van der Waals surface area contributed by atoms with Gasteiger partial charge in [-0.15, -0.1) is 11.8 Å². The summed E-state index contributed by atoms with van der Waals surface area (Å²) in [4.78, 5) is 18.6. The summed E-state index contributed by atoms with van der Waals surface area (Å²) in [6.07, 6.45) is 9.73. The number of sulfone groups is 1. The second-order valence-corrected chi connectivity index (χ2v) is 16.7. The average molecular weight is 764 g/mol. The van der Waals surface area contributed by atoms with Crippen molar-refractivity contribution in [3.63, 3.8) is 0 Å². The van der Waals surface area contributed by atoms with Crippen LogP contribution in [-0.4, -0.2) is 85.1 Å². The smallest absolute Gasteiger partial charge is 0.348 e. The molecule has 5 rings (SSSR count). The van der Waals surface area contributed by atoms with Crippen LogP contribution in [0.1, 0.15) is 75.8 Å². The zero-order valence-electron chi connectivity index (χ0n) is 28.5. The van der Waals surface area contributed by atoms with Crippen LogP contribution in [0, 0.1) is 0 Å². The molecule has 2 aliphatic rings. The molecule has 1 heterocycles. The standard InChI is InChI=1S/C36H46ClN3O9S2/c1-2-3-4-10-33(42)40(35(43,44)36(45,46)51(47,48)24-41)19-7-20-50-27-13-14-31(37)25(21-27)22-39-34(16-17-34)30-23-38-18-15-28(30)29-8-5-6-9-32(29)49-26-11-12-26/h5-6,8-9,13-15,18,21,23,26,39,41,43-46H,2-4,7,10-12,16-17,19-20,22,24H2,1H3. The molecule has 2 aliphatic carbocycles. The number of carbonyl (C=O) groups excluding carboxylic acids is 1. The predicted molar refractivity (Wildman–Crippen MR) is 194 cm³/mol. The highest BCUT2D eigenvalue weighted by Crippen LogP contribution is 2.50. The van der Waals surface area contributed by atoms with Gasteiger partial charge >= 0.3 is 11.0 Å². The minimum absolute atomic E-state index is 0.136. The molecule has 0 bridgehead atoms. The maximum Gasteiger partial charge on any atom is 0.348 e. The third-order valence-corrected chi connectivity index (χ3v) is 12.2. The van der Waals surface area contributed by atoms with E-state index in [4.69, 9.17) is 21.4 Å². The molecule has 2 fully saturated rings. The monoisotopic (exact) mass is 763 g/mol. The Hall–Kier alpha value is -2.79. The zero-order chi connectivity index (χ0) is 36.9. The fourth-order valence-corrected chi connectivity index (χ4v) is 7.67. The number of hydrogen-bond donors (Lipinski definition) is 6. The second kappa shape index (κ2) is 16.5. The van der Waals surface area contributed by atoms with Crippen molar-refractivity contribution in [2.75, 3.05) is 18.2 Å². The average Bonchev–Trinajstić information content (AvgIpc) is 4.06. The lowest BCUT2D eigenvalue weighted by Gasteiger charge is -2.41. The maximum absolute atomic E-state index is 13.0. The Kier molecular flexibility index (Phi) is 12.7. The van der Waals surface area contributed by atoms with E-state index in [2.05, 4.69) is 16.4 Å². The normalized spacial score (nSPS) is 15.8. The molecular weight excluding hydrogens is 718 g/mol. The van der Waals surface area contributed by atoms with E-state index in [1.807, 2.05) is 49.5 Å². The van der Waals surface area contributed by atoms with Gasteiger partial charge in [-0.05, 0) is 91.3 Å². The molecule has 2 saturated carbocycles. The lowest BCUT2D eigenvalue weighted by atomic mass is 9.94. The molecule has 0 spiro atoms. The molecule has 3 aromatic rings. The first-order valence-electron chi connectivity index (χ1n) is 17.2. The van der Waals surface area contributed by atoms with Gasteiger partial charge in [0, 0.05) is 52.9 Å². The minimum Gasteiger partial charge on any atom is -0.490 e.